The third-order valence-corrected chi connectivity index (χ3v) is 6.53. The van der Waals surface area contributed by atoms with E-state index in [4.69, 9.17) is 14.2 Å². The average Bonchev–Trinajstić information content (AvgIpc) is 2.92. The average molecular weight is 507 g/mol. The van der Waals surface area contributed by atoms with Gasteiger partial charge in [-0.1, -0.05) is 76.4 Å². The van der Waals surface area contributed by atoms with Crippen molar-refractivity contribution < 1.29 is 14.2 Å². The van der Waals surface area contributed by atoms with Gasteiger partial charge in [0.05, 0.1) is 13.2 Å². The molecule has 0 aliphatic heterocycles. The maximum absolute atomic E-state index is 5.98. The number of hydrogen-bond acceptors (Lipinski definition) is 3. The normalized spacial score (nSPS) is 10.7. The maximum atomic E-state index is 5.98. The first-order chi connectivity index (χ1) is 18.3. The molecule has 0 atom stereocenters. The van der Waals surface area contributed by atoms with Crippen LogP contribution in [0.2, 0.25) is 0 Å². The zero-order valence-corrected chi connectivity index (χ0v) is 23.1. The molecule has 2 aromatic carbocycles. The van der Waals surface area contributed by atoms with Gasteiger partial charge in [-0.2, -0.15) is 0 Å². The molecule has 2 rings (SSSR count). The Kier molecular flexibility index (Phi) is 17.7. The van der Waals surface area contributed by atoms with E-state index in [1.54, 1.807) is 0 Å². The predicted octanol–water partition coefficient (Wildman–Crippen LogP) is 10.9. The minimum Gasteiger partial charge on any atom is -0.494 e. The number of hydrogen-bond donors (Lipinski definition) is 0. The lowest BCUT2D eigenvalue weighted by Crippen LogP contribution is -1.97. The standard InChI is InChI=1S/C34H50O3/c1-3-5-7-9-11-13-15-17-19-29-35-31-21-25-33(26-22-31)37-34-27-23-32(24-28-34)36-30-20-18-16-14-12-10-8-6-4-2/h3-4,21-28H,1-2,5-20,29-30H2. The fraction of sp³-hybridized carbons (Fsp3) is 0.529. The number of benzene rings is 2. The number of allylic oxidation sites excluding steroid dienone is 2. The van der Waals surface area contributed by atoms with E-state index in [1.165, 1.54) is 77.0 Å². The van der Waals surface area contributed by atoms with Gasteiger partial charge in [-0.25, -0.2) is 0 Å². The summed E-state index contributed by atoms with van der Waals surface area (Å²) < 4.78 is 17.8. The van der Waals surface area contributed by atoms with Crippen LogP contribution >= 0.6 is 0 Å². The molecule has 0 bridgehead atoms. The van der Waals surface area contributed by atoms with Crippen molar-refractivity contribution in [3.05, 3.63) is 73.8 Å². The van der Waals surface area contributed by atoms with Crippen LogP contribution in [-0.4, -0.2) is 13.2 Å². The first-order valence-electron chi connectivity index (χ1n) is 14.7. The van der Waals surface area contributed by atoms with Gasteiger partial charge in [-0.15, -0.1) is 13.2 Å². The van der Waals surface area contributed by atoms with Crippen molar-refractivity contribution in [2.45, 2.75) is 103 Å². The molecule has 0 heterocycles. The van der Waals surface area contributed by atoms with Crippen LogP contribution in [0.3, 0.4) is 0 Å². The van der Waals surface area contributed by atoms with Gasteiger partial charge in [-0.05, 0) is 87.1 Å². The highest BCUT2D eigenvalue weighted by Gasteiger charge is 2.01. The topological polar surface area (TPSA) is 27.7 Å². The minimum atomic E-state index is 0.772. The zero-order valence-electron chi connectivity index (χ0n) is 23.1. The Bertz CT molecular complexity index is 740. The van der Waals surface area contributed by atoms with Crippen LogP contribution < -0.4 is 14.2 Å². The van der Waals surface area contributed by atoms with Gasteiger partial charge >= 0.3 is 0 Å². The molecule has 3 nitrogen and oxygen atoms in total. The van der Waals surface area contributed by atoms with E-state index in [1.807, 2.05) is 60.7 Å². The summed E-state index contributed by atoms with van der Waals surface area (Å²) in [5, 5.41) is 0. The predicted molar refractivity (Wildman–Crippen MR) is 158 cm³/mol. The monoisotopic (exact) mass is 506 g/mol. The Hall–Kier alpha value is -2.68. The van der Waals surface area contributed by atoms with Crippen LogP contribution in [0.5, 0.6) is 23.0 Å². The summed E-state index contributed by atoms with van der Waals surface area (Å²) in [5.41, 5.74) is 0. The third-order valence-electron chi connectivity index (χ3n) is 6.53. The van der Waals surface area contributed by atoms with Gasteiger partial charge in [0, 0.05) is 0 Å². The first kappa shape index (κ1) is 30.5. The maximum Gasteiger partial charge on any atom is 0.127 e. The van der Waals surface area contributed by atoms with Crippen LogP contribution in [0.15, 0.2) is 73.8 Å². The summed E-state index contributed by atoms with van der Waals surface area (Å²) in [5.74, 6) is 3.41. The molecule has 204 valence electrons. The van der Waals surface area contributed by atoms with Crippen LogP contribution in [0.4, 0.5) is 0 Å². The molecule has 0 radical (unpaired) electrons. The second-order valence-electron chi connectivity index (χ2n) is 9.85. The lowest BCUT2D eigenvalue weighted by atomic mass is 10.1. The molecule has 37 heavy (non-hydrogen) atoms. The molecule has 0 aliphatic rings. The van der Waals surface area contributed by atoms with Crippen molar-refractivity contribution in [2.24, 2.45) is 0 Å². The molecular weight excluding hydrogens is 456 g/mol. The van der Waals surface area contributed by atoms with Crippen LogP contribution in [-0.2, 0) is 0 Å². The van der Waals surface area contributed by atoms with Crippen LogP contribution in [0.1, 0.15) is 103 Å². The van der Waals surface area contributed by atoms with Gasteiger partial charge in [-0.3, -0.25) is 0 Å². The van der Waals surface area contributed by atoms with Crippen LogP contribution in [0, 0.1) is 0 Å². The quantitative estimate of drug-likeness (QED) is 0.105. The van der Waals surface area contributed by atoms with E-state index < -0.39 is 0 Å². The first-order valence-corrected chi connectivity index (χ1v) is 14.7. The van der Waals surface area contributed by atoms with E-state index in [9.17, 15) is 0 Å². The fourth-order valence-electron chi connectivity index (χ4n) is 4.27. The second kappa shape index (κ2) is 21.4. The summed E-state index contributed by atoms with van der Waals surface area (Å²) in [6, 6.07) is 15.8. The summed E-state index contributed by atoms with van der Waals surface area (Å²) >= 11 is 0. The highest BCUT2D eigenvalue weighted by molar-refractivity contribution is 5.37. The molecule has 0 unspecified atom stereocenters. The highest BCUT2D eigenvalue weighted by Crippen LogP contribution is 2.26. The Morgan fingerprint density at radius 2 is 0.703 bits per heavy atom. The molecule has 0 fully saturated rings. The van der Waals surface area contributed by atoms with Crippen LogP contribution in [0.25, 0.3) is 0 Å². The summed E-state index contributed by atoms with van der Waals surface area (Å²) in [4.78, 5) is 0. The van der Waals surface area contributed by atoms with Crippen molar-refractivity contribution >= 4 is 0 Å². The Morgan fingerprint density at radius 3 is 1.05 bits per heavy atom. The molecule has 0 aliphatic carbocycles. The zero-order chi connectivity index (χ0) is 26.2. The molecule has 0 spiro atoms. The summed E-state index contributed by atoms with van der Waals surface area (Å²) in [6.45, 7) is 9.10. The van der Waals surface area contributed by atoms with E-state index in [-0.39, 0.29) is 0 Å². The van der Waals surface area contributed by atoms with Crippen molar-refractivity contribution in [3.63, 3.8) is 0 Å². The largest absolute Gasteiger partial charge is 0.494 e. The fourth-order valence-corrected chi connectivity index (χ4v) is 4.27. The van der Waals surface area contributed by atoms with Gasteiger partial charge in [0.15, 0.2) is 0 Å². The van der Waals surface area contributed by atoms with Gasteiger partial charge in [0.2, 0.25) is 0 Å². The molecule has 2 aromatic rings. The van der Waals surface area contributed by atoms with Crippen molar-refractivity contribution in [2.75, 3.05) is 13.2 Å². The van der Waals surface area contributed by atoms with Gasteiger partial charge in [0.1, 0.15) is 23.0 Å². The summed E-state index contributed by atoms with van der Waals surface area (Å²) in [7, 11) is 0. The highest BCUT2D eigenvalue weighted by atomic mass is 16.5. The van der Waals surface area contributed by atoms with Gasteiger partial charge in [0.25, 0.3) is 0 Å². The van der Waals surface area contributed by atoms with Gasteiger partial charge < -0.3 is 14.2 Å². The van der Waals surface area contributed by atoms with Crippen molar-refractivity contribution in [1.29, 1.82) is 0 Å². The van der Waals surface area contributed by atoms with Crippen molar-refractivity contribution in [1.82, 2.24) is 0 Å². The molecule has 0 saturated carbocycles. The van der Waals surface area contributed by atoms with E-state index in [0.29, 0.717) is 0 Å². The smallest absolute Gasteiger partial charge is 0.127 e. The van der Waals surface area contributed by atoms with E-state index in [0.717, 1.165) is 61.9 Å². The van der Waals surface area contributed by atoms with Crippen molar-refractivity contribution in [3.8, 4) is 23.0 Å². The molecule has 0 N–H and O–H groups in total. The second-order valence-corrected chi connectivity index (χ2v) is 9.85. The molecule has 3 heteroatoms. The molecule has 0 amide bonds. The molecular formula is C34H50O3. The molecule has 0 saturated heterocycles. The number of rotatable bonds is 24. The number of unbranched alkanes of at least 4 members (excludes halogenated alkanes) is 14. The Morgan fingerprint density at radius 1 is 0.405 bits per heavy atom. The lowest BCUT2D eigenvalue weighted by Gasteiger charge is -2.10. The Balaban J connectivity index is 1.51. The molecule has 0 aromatic heterocycles. The number of ether oxygens (including phenoxy) is 3. The minimum absolute atomic E-state index is 0.772. The third kappa shape index (κ3) is 15.9. The summed E-state index contributed by atoms with van der Waals surface area (Å²) in [6.07, 6.45) is 24.1. The van der Waals surface area contributed by atoms with E-state index in [2.05, 4.69) is 13.2 Å². The lowest BCUT2D eigenvalue weighted by molar-refractivity contribution is 0.303. The SMILES string of the molecule is C=CCCCCCCCCCOc1ccc(Oc2ccc(OCCCCCCCCCC=C)cc2)cc1. The van der Waals surface area contributed by atoms with E-state index >= 15 is 0 Å². The Labute approximate surface area is 226 Å².